The first kappa shape index (κ1) is 25.1. The maximum Gasteiger partial charge on any atom is 0.328 e. The van der Waals surface area contributed by atoms with Crippen molar-refractivity contribution in [3.05, 3.63) is 76.0 Å². The Hall–Kier alpha value is -3.55. The molecule has 0 spiro atoms. The van der Waals surface area contributed by atoms with Crippen molar-refractivity contribution in [2.45, 2.75) is 78.1 Å². The molecule has 0 unspecified atom stereocenters. The van der Waals surface area contributed by atoms with Crippen molar-refractivity contribution in [3.8, 4) is 22.5 Å². The Kier molecular flexibility index (Phi) is 7.92. The lowest BCUT2D eigenvalue weighted by atomic mass is 9.89. The smallest absolute Gasteiger partial charge is 0.293 e. The number of unbranched alkanes of at least 4 members (excludes halogenated alkanes) is 1. The van der Waals surface area contributed by atoms with Gasteiger partial charge < -0.3 is 0 Å². The second kappa shape index (κ2) is 11.7. The van der Waals surface area contributed by atoms with Crippen LogP contribution in [0.15, 0.2) is 53.3 Å². The van der Waals surface area contributed by atoms with E-state index in [9.17, 15) is 9.18 Å². The molecule has 2 aromatic heterocycles. The third kappa shape index (κ3) is 5.43. The van der Waals surface area contributed by atoms with Crippen LogP contribution in [0.2, 0.25) is 0 Å². The topological polar surface area (TPSA) is 81.4 Å². The van der Waals surface area contributed by atoms with Crippen molar-refractivity contribution in [2.75, 3.05) is 0 Å². The van der Waals surface area contributed by atoms with Crippen LogP contribution in [-0.2, 0) is 26.2 Å². The van der Waals surface area contributed by atoms with E-state index >= 15 is 0 Å². The standard InChI is InChI=1S/C29H35FN6O/c1-2-3-13-26-27(18-30)36(19-21-9-5-4-6-10-21)29(37)35(26)20-22-14-16-23(17-15-22)24-11-7-8-12-25(24)28-31-33-34-32-28/h7-8,11-12,14-17,21H,2-6,9-10,13,18-20H2,1H3,(H,31,32,33,34). The van der Waals surface area contributed by atoms with Crippen LogP contribution in [0.1, 0.15) is 68.8 Å². The molecule has 4 aromatic rings. The zero-order valence-corrected chi connectivity index (χ0v) is 21.5. The number of H-pyrrole nitrogens is 1. The van der Waals surface area contributed by atoms with E-state index in [4.69, 9.17) is 0 Å². The first-order chi connectivity index (χ1) is 18.2. The van der Waals surface area contributed by atoms with Gasteiger partial charge >= 0.3 is 5.69 Å². The summed E-state index contributed by atoms with van der Waals surface area (Å²) >= 11 is 0. The van der Waals surface area contributed by atoms with Gasteiger partial charge in [-0.2, -0.15) is 0 Å². The lowest BCUT2D eigenvalue weighted by molar-refractivity contribution is 0.307. The SMILES string of the molecule is CCCCc1c(CF)n(CC2CCCCC2)c(=O)n1Cc1ccc(-c2ccccc2-c2nnn[nH]2)cc1. The van der Waals surface area contributed by atoms with E-state index in [0.717, 1.165) is 60.1 Å². The summed E-state index contributed by atoms with van der Waals surface area (Å²) in [6, 6.07) is 16.2. The molecule has 2 heterocycles. The second-order valence-electron chi connectivity index (χ2n) is 10.1. The summed E-state index contributed by atoms with van der Waals surface area (Å²) in [6.45, 7) is 2.61. The highest BCUT2D eigenvalue weighted by Crippen LogP contribution is 2.30. The Balaban J connectivity index is 1.44. The number of tetrazole rings is 1. The van der Waals surface area contributed by atoms with E-state index in [1.165, 1.54) is 19.3 Å². The molecule has 0 bridgehead atoms. The maximum absolute atomic E-state index is 14.4. The number of rotatable bonds is 10. The van der Waals surface area contributed by atoms with Gasteiger partial charge in [-0.05, 0) is 58.7 Å². The number of halogens is 1. The molecule has 0 radical (unpaired) electrons. The molecule has 1 saturated carbocycles. The summed E-state index contributed by atoms with van der Waals surface area (Å²) in [5.74, 6) is 1.08. The van der Waals surface area contributed by atoms with Gasteiger partial charge in [0.05, 0.1) is 12.2 Å². The van der Waals surface area contributed by atoms with Crippen LogP contribution in [-0.4, -0.2) is 29.8 Å². The zero-order valence-electron chi connectivity index (χ0n) is 21.5. The lowest BCUT2D eigenvalue weighted by Gasteiger charge is -2.22. The zero-order chi connectivity index (χ0) is 25.6. The van der Waals surface area contributed by atoms with Crippen molar-refractivity contribution in [3.63, 3.8) is 0 Å². The Labute approximate surface area is 216 Å². The first-order valence-corrected chi connectivity index (χ1v) is 13.5. The molecule has 1 aliphatic carbocycles. The van der Waals surface area contributed by atoms with E-state index in [-0.39, 0.29) is 5.69 Å². The third-order valence-electron chi connectivity index (χ3n) is 7.64. The Morgan fingerprint density at radius 2 is 1.73 bits per heavy atom. The third-order valence-corrected chi connectivity index (χ3v) is 7.64. The van der Waals surface area contributed by atoms with E-state index in [1.807, 2.05) is 41.0 Å². The van der Waals surface area contributed by atoms with E-state index in [1.54, 1.807) is 4.57 Å². The Morgan fingerprint density at radius 1 is 0.973 bits per heavy atom. The molecule has 5 rings (SSSR count). The maximum atomic E-state index is 14.4. The summed E-state index contributed by atoms with van der Waals surface area (Å²) in [4.78, 5) is 13.6. The van der Waals surface area contributed by atoms with Crippen LogP contribution < -0.4 is 5.69 Å². The Bertz CT molecular complexity index is 1350. The van der Waals surface area contributed by atoms with E-state index in [2.05, 4.69) is 39.7 Å². The van der Waals surface area contributed by atoms with Gasteiger partial charge in [0.2, 0.25) is 0 Å². The van der Waals surface area contributed by atoms with Crippen molar-refractivity contribution in [1.29, 1.82) is 0 Å². The van der Waals surface area contributed by atoms with Gasteiger partial charge in [0.15, 0.2) is 5.82 Å². The number of aromatic nitrogens is 6. The van der Waals surface area contributed by atoms with Crippen LogP contribution in [0.25, 0.3) is 22.5 Å². The fourth-order valence-corrected chi connectivity index (χ4v) is 5.63. The monoisotopic (exact) mass is 502 g/mol. The summed E-state index contributed by atoms with van der Waals surface area (Å²) in [6.07, 6.45) is 8.58. The number of hydrogen-bond acceptors (Lipinski definition) is 4. The molecule has 1 fully saturated rings. The number of nitrogens with one attached hydrogen (secondary N) is 1. The molecule has 0 atom stereocenters. The van der Waals surface area contributed by atoms with Crippen molar-refractivity contribution < 1.29 is 4.39 Å². The average Bonchev–Trinajstić information content (AvgIpc) is 3.56. The fourth-order valence-electron chi connectivity index (χ4n) is 5.63. The minimum atomic E-state index is -0.597. The molecule has 0 aliphatic heterocycles. The van der Waals surface area contributed by atoms with Gasteiger partial charge in [-0.25, -0.2) is 14.3 Å². The molecule has 0 amide bonds. The summed E-state index contributed by atoms with van der Waals surface area (Å²) in [5.41, 5.74) is 5.36. The van der Waals surface area contributed by atoms with Crippen LogP contribution in [0, 0.1) is 5.92 Å². The number of hydrogen-bond donors (Lipinski definition) is 1. The van der Waals surface area contributed by atoms with Crippen LogP contribution in [0.3, 0.4) is 0 Å². The van der Waals surface area contributed by atoms with Crippen LogP contribution in [0.5, 0.6) is 0 Å². The van der Waals surface area contributed by atoms with Crippen molar-refractivity contribution in [1.82, 2.24) is 29.8 Å². The van der Waals surface area contributed by atoms with Gasteiger partial charge in [0, 0.05) is 17.8 Å². The number of nitrogens with zero attached hydrogens (tertiary/aromatic N) is 5. The molecule has 194 valence electrons. The quantitative estimate of drug-likeness (QED) is 0.291. The average molecular weight is 503 g/mol. The van der Waals surface area contributed by atoms with Gasteiger partial charge in [-0.1, -0.05) is 81.1 Å². The predicted octanol–water partition coefficient (Wildman–Crippen LogP) is 5.94. The largest absolute Gasteiger partial charge is 0.328 e. The van der Waals surface area contributed by atoms with Gasteiger partial charge in [-0.3, -0.25) is 9.13 Å². The molecule has 1 aliphatic rings. The second-order valence-corrected chi connectivity index (χ2v) is 10.1. The molecular weight excluding hydrogens is 467 g/mol. The normalized spacial score (nSPS) is 14.3. The summed E-state index contributed by atoms with van der Waals surface area (Å²) in [5, 5.41) is 14.3. The molecule has 37 heavy (non-hydrogen) atoms. The van der Waals surface area contributed by atoms with Crippen LogP contribution >= 0.6 is 0 Å². The lowest BCUT2D eigenvalue weighted by Crippen LogP contribution is -2.29. The van der Waals surface area contributed by atoms with E-state index < -0.39 is 6.67 Å². The highest BCUT2D eigenvalue weighted by atomic mass is 19.1. The van der Waals surface area contributed by atoms with Crippen molar-refractivity contribution in [2.24, 2.45) is 5.92 Å². The van der Waals surface area contributed by atoms with Gasteiger partial charge in [0.1, 0.15) is 6.67 Å². The fraction of sp³-hybridized carbons (Fsp3) is 0.448. The number of benzene rings is 2. The molecule has 2 aromatic carbocycles. The summed E-state index contributed by atoms with van der Waals surface area (Å²) in [7, 11) is 0. The first-order valence-electron chi connectivity index (χ1n) is 13.5. The highest BCUT2D eigenvalue weighted by molar-refractivity contribution is 5.80. The number of alkyl halides is 1. The van der Waals surface area contributed by atoms with Crippen molar-refractivity contribution >= 4 is 0 Å². The predicted molar refractivity (Wildman–Crippen MR) is 143 cm³/mol. The van der Waals surface area contributed by atoms with Crippen LogP contribution in [0.4, 0.5) is 4.39 Å². The van der Waals surface area contributed by atoms with Gasteiger partial charge in [0.25, 0.3) is 0 Å². The van der Waals surface area contributed by atoms with Gasteiger partial charge in [-0.15, -0.1) is 5.10 Å². The molecule has 1 N–H and O–H groups in total. The Morgan fingerprint density at radius 3 is 2.41 bits per heavy atom. The molecule has 7 nitrogen and oxygen atoms in total. The summed E-state index contributed by atoms with van der Waals surface area (Å²) < 4.78 is 17.9. The minimum Gasteiger partial charge on any atom is -0.293 e. The molecular formula is C29H35FN6O. The minimum absolute atomic E-state index is 0.0726. The highest BCUT2D eigenvalue weighted by Gasteiger charge is 2.23. The molecule has 8 heteroatoms. The number of aromatic amines is 1. The molecule has 0 saturated heterocycles. The number of imidazole rings is 1. The van der Waals surface area contributed by atoms with E-state index in [0.29, 0.717) is 30.5 Å².